The Kier molecular flexibility index (Phi) is 6.71. The number of hydrogen-bond acceptors (Lipinski definition) is 4. The quantitative estimate of drug-likeness (QED) is 0.751. The Labute approximate surface area is 158 Å². The Morgan fingerprint density at radius 1 is 1.12 bits per heavy atom. The van der Waals surface area contributed by atoms with Gasteiger partial charge in [-0.2, -0.15) is 22.1 Å². The van der Waals surface area contributed by atoms with Crippen LogP contribution in [0.15, 0.2) is 12.4 Å². The average Bonchev–Trinajstić information content (AvgIpc) is 2.90. The van der Waals surface area contributed by atoms with E-state index in [0.29, 0.717) is 32.1 Å². The maximum atomic E-state index is 13.0. The highest BCUT2D eigenvalue weighted by Gasteiger charge is 2.33. The predicted molar refractivity (Wildman–Crippen MR) is 103 cm³/mol. The van der Waals surface area contributed by atoms with Crippen LogP contribution in [0.25, 0.3) is 0 Å². The Bertz CT molecular complexity index is 675. The van der Waals surface area contributed by atoms with Gasteiger partial charge in [0.25, 0.3) is 10.2 Å². The van der Waals surface area contributed by atoms with Crippen molar-refractivity contribution in [2.45, 2.75) is 52.6 Å². The van der Waals surface area contributed by atoms with Crippen molar-refractivity contribution in [1.29, 1.82) is 0 Å². The molecule has 2 fully saturated rings. The summed E-state index contributed by atoms with van der Waals surface area (Å²) in [5, 5.41) is 4.39. The lowest BCUT2D eigenvalue weighted by molar-refractivity contribution is 0.253. The van der Waals surface area contributed by atoms with Crippen LogP contribution in [0, 0.1) is 5.92 Å². The summed E-state index contributed by atoms with van der Waals surface area (Å²) in [7, 11) is -3.32. The Morgan fingerprint density at radius 2 is 1.92 bits per heavy atom. The number of piperidine rings is 1. The summed E-state index contributed by atoms with van der Waals surface area (Å²) < 4.78 is 31.4. The molecule has 0 radical (unpaired) electrons. The van der Waals surface area contributed by atoms with Crippen molar-refractivity contribution in [1.82, 2.24) is 23.3 Å². The summed E-state index contributed by atoms with van der Waals surface area (Å²) >= 11 is 0. The van der Waals surface area contributed by atoms with E-state index in [1.165, 1.54) is 5.56 Å². The van der Waals surface area contributed by atoms with Gasteiger partial charge >= 0.3 is 0 Å². The van der Waals surface area contributed by atoms with Crippen LogP contribution in [0.4, 0.5) is 0 Å². The summed E-state index contributed by atoms with van der Waals surface area (Å²) in [5.74, 6) is 0.460. The SMILES string of the molecule is CCCn1cc(CN2CCCN(S(=O)(=O)N3CCC[C@H](C)C3)CC2)cn1. The maximum Gasteiger partial charge on any atom is 0.282 e. The normalized spacial score (nSPS) is 24.6. The lowest BCUT2D eigenvalue weighted by Gasteiger charge is -2.34. The minimum absolute atomic E-state index is 0.460. The van der Waals surface area contributed by atoms with E-state index in [9.17, 15) is 8.42 Å². The number of rotatable bonds is 6. The van der Waals surface area contributed by atoms with Gasteiger partial charge in [0, 0.05) is 57.6 Å². The van der Waals surface area contributed by atoms with Crippen molar-refractivity contribution in [3.63, 3.8) is 0 Å². The molecule has 3 rings (SSSR count). The van der Waals surface area contributed by atoms with Crippen molar-refractivity contribution >= 4 is 10.2 Å². The first-order valence-electron chi connectivity index (χ1n) is 9.98. The highest BCUT2D eigenvalue weighted by atomic mass is 32.2. The first-order chi connectivity index (χ1) is 12.5. The van der Waals surface area contributed by atoms with Crippen molar-refractivity contribution in [3.05, 3.63) is 18.0 Å². The van der Waals surface area contributed by atoms with Crippen LogP contribution in [0.1, 0.15) is 45.1 Å². The second-order valence-corrected chi connectivity index (χ2v) is 9.68. The van der Waals surface area contributed by atoms with Crippen molar-refractivity contribution in [2.24, 2.45) is 5.92 Å². The first kappa shape index (κ1) is 19.8. The molecule has 0 amide bonds. The molecule has 2 aliphatic heterocycles. The minimum Gasteiger partial charge on any atom is -0.298 e. The highest BCUT2D eigenvalue weighted by molar-refractivity contribution is 7.86. The van der Waals surface area contributed by atoms with Gasteiger partial charge in [-0.3, -0.25) is 9.58 Å². The molecule has 0 spiro atoms. The zero-order valence-corrected chi connectivity index (χ0v) is 17.0. The monoisotopic (exact) mass is 383 g/mol. The topological polar surface area (TPSA) is 61.7 Å². The van der Waals surface area contributed by atoms with Gasteiger partial charge in [-0.05, 0) is 38.1 Å². The minimum atomic E-state index is -3.32. The van der Waals surface area contributed by atoms with Gasteiger partial charge in [0.2, 0.25) is 0 Å². The second-order valence-electron chi connectivity index (χ2n) is 7.75. The molecule has 3 heterocycles. The molecule has 1 aromatic heterocycles. The Morgan fingerprint density at radius 3 is 2.69 bits per heavy atom. The van der Waals surface area contributed by atoms with Crippen molar-refractivity contribution in [3.8, 4) is 0 Å². The van der Waals surface area contributed by atoms with Crippen LogP contribution in [0.5, 0.6) is 0 Å². The largest absolute Gasteiger partial charge is 0.298 e. The third-order valence-corrected chi connectivity index (χ3v) is 7.37. The molecule has 0 aromatic carbocycles. The van der Waals surface area contributed by atoms with Gasteiger partial charge < -0.3 is 0 Å². The second kappa shape index (κ2) is 8.82. The third kappa shape index (κ3) is 4.85. The van der Waals surface area contributed by atoms with Crippen LogP contribution in [-0.2, 0) is 23.3 Å². The number of hydrogen-bond donors (Lipinski definition) is 0. The Hall–Kier alpha value is -0.960. The van der Waals surface area contributed by atoms with Crippen LogP contribution in [0.2, 0.25) is 0 Å². The molecule has 0 saturated carbocycles. The Balaban J connectivity index is 1.57. The van der Waals surface area contributed by atoms with Crippen LogP contribution in [0.3, 0.4) is 0 Å². The standard InChI is InChI=1S/C18H33N5O2S/c1-3-7-21-16-18(13-19-21)15-20-8-5-10-22(12-11-20)26(24,25)23-9-4-6-17(2)14-23/h13,16-17H,3-12,14-15H2,1-2H3/t17-/m0/s1. The van der Waals surface area contributed by atoms with Gasteiger partial charge in [0.15, 0.2) is 0 Å². The van der Waals surface area contributed by atoms with E-state index in [-0.39, 0.29) is 0 Å². The molecule has 0 N–H and O–H groups in total. The number of aryl methyl sites for hydroxylation is 1. The number of nitrogens with zero attached hydrogens (tertiary/aromatic N) is 5. The van der Waals surface area contributed by atoms with E-state index in [1.54, 1.807) is 8.61 Å². The van der Waals surface area contributed by atoms with E-state index in [2.05, 4.69) is 30.0 Å². The van der Waals surface area contributed by atoms with E-state index < -0.39 is 10.2 Å². The molecule has 26 heavy (non-hydrogen) atoms. The van der Waals surface area contributed by atoms with Crippen LogP contribution in [-0.4, -0.2) is 71.0 Å². The molecule has 2 aliphatic rings. The van der Waals surface area contributed by atoms with Crippen molar-refractivity contribution < 1.29 is 8.42 Å². The molecule has 7 nitrogen and oxygen atoms in total. The maximum absolute atomic E-state index is 13.0. The van der Waals surface area contributed by atoms with E-state index in [1.807, 2.05) is 10.9 Å². The zero-order valence-electron chi connectivity index (χ0n) is 16.2. The van der Waals surface area contributed by atoms with Gasteiger partial charge in [0.05, 0.1) is 6.20 Å². The van der Waals surface area contributed by atoms with Gasteiger partial charge in [-0.25, -0.2) is 0 Å². The predicted octanol–water partition coefficient (Wildman–Crippen LogP) is 1.78. The smallest absolute Gasteiger partial charge is 0.282 e. The van der Waals surface area contributed by atoms with Gasteiger partial charge in [-0.15, -0.1) is 0 Å². The van der Waals surface area contributed by atoms with E-state index in [0.717, 1.165) is 51.9 Å². The molecule has 1 aromatic rings. The number of aromatic nitrogens is 2. The third-order valence-electron chi connectivity index (χ3n) is 5.37. The lowest BCUT2D eigenvalue weighted by Crippen LogP contribution is -2.48. The fourth-order valence-corrected chi connectivity index (χ4v) is 5.75. The van der Waals surface area contributed by atoms with Gasteiger partial charge in [-0.1, -0.05) is 13.8 Å². The average molecular weight is 384 g/mol. The summed E-state index contributed by atoms with van der Waals surface area (Å²) in [4.78, 5) is 2.35. The van der Waals surface area contributed by atoms with Crippen molar-refractivity contribution in [2.75, 3.05) is 39.3 Å². The fraction of sp³-hybridized carbons (Fsp3) is 0.833. The highest BCUT2D eigenvalue weighted by Crippen LogP contribution is 2.21. The molecule has 0 unspecified atom stereocenters. The van der Waals surface area contributed by atoms with Crippen LogP contribution >= 0.6 is 0 Å². The first-order valence-corrected chi connectivity index (χ1v) is 11.4. The molecule has 8 heteroatoms. The van der Waals surface area contributed by atoms with E-state index >= 15 is 0 Å². The molecule has 2 saturated heterocycles. The molecule has 1 atom stereocenters. The molecular formula is C18H33N5O2S. The lowest BCUT2D eigenvalue weighted by atomic mass is 10.0. The van der Waals surface area contributed by atoms with Crippen LogP contribution < -0.4 is 0 Å². The fourth-order valence-electron chi connectivity index (χ4n) is 3.95. The zero-order chi connectivity index (χ0) is 18.6. The van der Waals surface area contributed by atoms with E-state index in [4.69, 9.17) is 0 Å². The summed E-state index contributed by atoms with van der Waals surface area (Å²) in [5.41, 5.74) is 1.21. The molecule has 148 valence electrons. The molecular weight excluding hydrogens is 350 g/mol. The molecule has 0 aliphatic carbocycles. The summed E-state index contributed by atoms with van der Waals surface area (Å²) in [6, 6.07) is 0. The molecule has 0 bridgehead atoms. The summed E-state index contributed by atoms with van der Waals surface area (Å²) in [6.07, 6.45) is 8.11. The van der Waals surface area contributed by atoms with Gasteiger partial charge in [0.1, 0.15) is 0 Å². The summed E-state index contributed by atoms with van der Waals surface area (Å²) in [6.45, 7) is 10.3.